The molecule has 0 unspecified atom stereocenters. The van der Waals surface area contributed by atoms with E-state index in [1.165, 1.54) is 12.5 Å². The van der Waals surface area contributed by atoms with Crippen LogP contribution in [0.4, 0.5) is 4.39 Å². The predicted octanol–water partition coefficient (Wildman–Crippen LogP) is 3.15. The molecule has 0 bridgehead atoms. The van der Waals surface area contributed by atoms with Crippen LogP contribution in [0, 0.1) is 12.7 Å². The second-order valence-corrected chi connectivity index (χ2v) is 5.37. The van der Waals surface area contributed by atoms with E-state index in [2.05, 4.69) is 34.4 Å². The van der Waals surface area contributed by atoms with Crippen LogP contribution in [-0.2, 0) is 6.54 Å². The molecule has 0 fully saturated rings. The summed E-state index contributed by atoms with van der Waals surface area (Å²) < 4.78 is 13.2. The third kappa shape index (κ3) is 8.50. The largest absolute Gasteiger partial charge is 0.355 e. The first-order valence-corrected chi connectivity index (χ1v) is 8.02. The van der Waals surface area contributed by atoms with Gasteiger partial charge in [0.1, 0.15) is 5.82 Å². The average molecular weight is 436 g/mol. The van der Waals surface area contributed by atoms with Crippen molar-refractivity contribution in [1.82, 2.24) is 15.5 Å². The molecule has 0 atom stereocenters. The lowest BCUT2D eigenvalue weighted by molar-refractivity contribution is 0.293. The molecule has 132 valence electrons. The van der Waals surface area contributed by atoms with Crippen molar-refractivity contribution in [2.24, 2.45) is 4.99 Å². The third-order valence-corrected chi connectivity index (χ3v) is 3.61. The maximum absolute atomic E-state index is 13.2. The summed E-state index contributed by atoms with van der Waals surface area (Å²) in [6.45, 7) is 10.8. The van der Waals surface area contributed by atoms with Crippen molar-refractivity contribution in [3.05, 3.63) is 35.1 Å². The highest BCUT2D eigenvalue weighted by molar-refractivity contribution is 14.0. The van der Waals surface area contributed by atoms with Crippen molar-refractivity contribution in [1.29, 1.82) is 0 Å². The Morgan fingerprint density at radius 2 is 1.96 bits per heavy atom. The standard InChI is InChI=1S/C17H29FN4.HI/c1-5-10-22(6-2)11-9-20-17(19-4)21-13-15-7-8-16(18)14(3)12-15;/h7-8,12H,5-6,9-11,13H2,1-4H3,(H2,19,20,21);1H. The van der Waals surface area contributed by atoms with Crippen molar-refractivity contribution < 1.29 is 4.39 Å². The summed E-state index contributed by atoms with van der Waals surface area (Å²) in [6.07, 6.45) is 1.17. The van der Waals surface area contributed by atoms with Gasteiger partial charge in [-0.15, -0.1) is 24.0 Å². The number of likely N-dealkylation sites (N-methyl/N-ethyl adjacent to an activating group) is 1. The summed E-state index contributed by atoms with van der Waals surface area (Å²) in [7, 11) is 1.76. The molecule has 4 nitrogen and oxygen atoms in total. The molecule has 1 rings (SSSR count). The number of halogens is 2. The predicted molar refractivity (Wildman–Crippen MR) is 107 cm³/mol. The van der Waals surface area contributed by atoms with Gasteiger partial charge in [-0.3, -0.25) is 4.99 Å². The topological polar surface area (TPSA) is 39.7 Å². The van der Waals surface area contributed by atoms with Crippen LogP contribution in [0.3, 0.4) is 0 Å². The van der Waals surface area contributed by atoms with Gasteiger partial charge in [0.25, 0.3) is 0 Å². The van der Waals surface area contributed by atoms with Crippen LogP contribution in [0.2, 0.25) is 0 Å². The van der Waals surface area contributed by atoms with Crippen molar-refractivity contribution in [3.63, 3.8) is 0 Å². The van der Waals surface area contributed by atoms with E-state index in [1.807, 2.05) is 6.07 Å². The Morgan fingerprint density at radius 3 is 2.52 bits per heavy atom. The van der Waals surface area contributed by atoms with Gasteiger partial charge in [-0.05, 0) is 43.6 Å². The second kappa shape index (κ2) is 12.5. The Bertz CT molecular complexity index is 480. The summed E-state index contributed by atoms with van der Waals surface area (Å²) in [5, 5.41) is 6.57. The fourth-order valence-corrected chi connectivity index (χ4v) is 2.30. The van der Waals surface area contributed by atoms with Crippen LogP contribution in [0.15, 0.2) is 23.2 Å². The van der Waals surface area contributed by atoms with Gasteiger partial charge < -0.3 is 15.5 Å². The Balaban J connectivity index is 0.00000484. The van der Waals surface area contributed by atoms with Crippen LogP contribution in [-0.4, -0.2) is 44.1 Å². The molecule has 23 heavy (non-hydrogen) atoms. The van der Waals surface area contributed by atoms with Crippen LogP contribution >= 0.6 is 24.0 Å². The lowest BCUT2D eigenvalue weighted by atomic mass is 10.1. The first-order chi connectivity index (χ1) is 10.6. The van der Waals surface area contributed by atoms with Gasteiger partial charge in [0.15, 0.2) is 5.96 Å². The number of guanidine groups is 1. The van der Waals surface area contributed by atoms with Crippen LogP contribution in [0.25, 0.3) is 0 Å². The third-order valence-electron chi connectivity index (χ3n) is 3.61. The molecule has 0 aromatic heterocycles. The zero-order chi connectivity index (χ0) is 16.4. The summed E-state index contributed by atoms with van der Waals surface area (Å²) in [5.41, 5.74) is 1.71. The minimum absolute atomic E-state index is 0. The molecule has 2 N–H and O–H groups in total. The van der Waals surface area contributed by atoms with E-state index in [1.54, 1.807) is 20.0 Å². The van der Waals surface area contributed by atoms with Gasteiger partial charge in [0.2, 0.25) is 0 Å². The molecule has 0 aliphatic carbocycles. The minimum atomic E-state index is -0.165. The molecule has 1 aromatic rings. The number of hydrogen-bond acceptors (Lipinski definition) is 2. The Labute approximate surface area is 157 Å². The van der Waals surface area contributed by atoms with Gasteiger partial charge in [-0.2, -0.15) is 0 Å². The van der Waals surface area contributed by atoms with Gasteiger partial charge >= 0.3 is 0 Å². The molecule has 0 amide bonds. The molecule has 0 saturated heterocycles. The number of benzene rings is 1. The fourth-order valence-electron chi connectivity index (χ4n) is 2.30. The van der Waals surface area contributed by atoms with E-state index >= 15 is 0 Å². The number of hydrogen-bond donors (Lipinski definition) is 2. The molecule has 0 heterocycles. The lowest BCUT2D eigenvalue weighted by Gasteiger charge is -2.20. The first kappa shape index (κ1) is 22.1. The van der Waals surface area contributed by atoms with E-state index in [9.17, 15) is 4.39 Å². The van der Waals surface area contributed by atoms with Crippen LogP contribution in [0.5, 0.6) is 0 Å². The second-order valence-electron chi connectivity index (χ2n) is 5.37. The van der Waals surface area contributed by atoms with Crippen molar-refractivity contribution in [2.45, 2.75) is 33.7 Å². The summed E-state index contributed by atoms with van der Waals surface area (Å²) >= 11 is 0. The maximum atomic E-state index is 13.2. The van der Waals surface area contributed by atoms with Crippen LogP contribution in [0.1, 0.15) is 31.4 Å². The van der Waals surface area contributed by atoms with Crippen molar-refractivity contribution in [3.8, 4) is 0 Å². The van der Waals surface area contributed by atoms with E-state index in [0.717, 1.165) is 37.7 Å². The van der Waals surface area contributed by atoms with E-state index in [-0.39, 0.29) is 29.8 Å². The monoisotopic (exact) mass is 436 g/mol. The Kier molecular flexibility index (Phi) is 12.0. The average Bonchev–Trinajstić information content (AvgIpc) is 2.52. The van der Waals surface area contributed by atoms with E-state index in [0.29, 0.717) is 12.1 Å². The highest BCUT2D eigenvalue weighted by atomic mass is 127. The van der Waals surface area contributed by atoms with Gasteiger partial charge in [-0.1, -0.05) is 26.0 Å². The molecular weight excluding hydrogens is 406 g/mol. The SMILES string of the molecule is CCCN(CC)CCNC(=NC)NCc1ccc(F)c(C)c1.I. The fraction of sp³-hybridized carbons (Fsp3) is 0.588. The summed E-state index contributed by atoms with van der Waals surface area (Å²) in [6, 6.07) is 5.16. The summed E-state index contributed by atoms with van der Waals surface area (Å²) in [5.74, 6) is 0.608. The number of nitrogens with zero attached hydrogens (tertiary/aromatic N) is 2. The van der Waals surface area contributed by atoms with Crippen molar-refractivity contribution in [2.75, 3.05) is 33.2 Å². The molecule has 0 aliphatic rings. The van der Waals surface area contributed by atoms with Gasteiger partial charge in [0, 0.05) is 26.7 Å². The number of aryl methyl sites for hydroxylation is 1. The zero-order valence-electron chi connectivity index (χ0n) is 14.7. The molecule has 0 spiro atoms. The normalized spacial score (nSPS) is 11.3. The van der Waals surface area contributed by atoms with E-state index in [4.69, 9.17) is 0 Å². The highest BCUT2D eigenvalue weighted by Crippen LogP contribution is 2.08. The molecule has 1 aromatic carbocycles. The lowest BCUT2D eigenvalue weighted by Crippen LogP contribution is -2.41. The molecule has 0 radical (unpaired) electrons. The van der Waals surface area contributed by atoms with E-state index < -0.39 is 0 Å². The Hall–Kier alpha value is -0.890. The number of aliphatic imine (C=N–C) groups is 1. The molecule has 6 heteroatoms. The quantitative estimate of drug-likeness (QED) is 0.374. The molecule has 0 aliphatic heterocycles. The maximum Gasteiger partial charge on any atom is 0.191 e. The Morgan fingerprint density at radius 1 is 1.22 bits per heavy atom. The highest BCUT2D eigenvalue weighted by Gasteiger charge is 2.03. The van der Waals surface area contributed by atoms with Gasteiger partial charge in [0.05, 0.1) is 0 Å². The minimum Gasteiger partial charge on any atom is -0.355 e. The molecule has 0 saturated carbocycles. The number of rotatable bonds is 8. The van der Waals surface area contributed by atoms with Crippen LogP contribution < -0.4 is 10.6 Å². The summed E-state index contributed by atoms with van der Waals surface area (Å²) in [4.78, 5) is 6.62. The molecular formula is C17H30FIN4. The van der Waals surface area contributed by atoms with Gasteiger partial charge in [-0.25, -0.2) is 4.39 Å². The zero-order valence-corrected chi connectivity index (χ0v) is 17.0. The number of nitrogens with one attached hydrogen (secondary N) is 2. The van der Waals surface area contributed by atoms with Crippen molar-refractivity contribution >= 4 is 29.9 Å². The smallest absolute Gasteiger partial charge is 0.191 e. The first-order valence-electron chi connectivity index (χ1n) is 8.02.